The second-order valence-electron chi connectivity index (χ2n) is 5.88. The molecule has 0 heterocycles. The molecule has 0 radical (unpaired) electrons. The van der Waals surface area contributed by atoms with E-state index >= 15 is 0 Å². The molecular formula is C15H30. The summed E-state index contributed by atoms with van der Waals surface area (Å²) >= 11 is 0. The molecule has 90 valence electrons. The van der Waals surface area contributed by atoms with Gasteiger partial charge in [-0.1, -0.05) is 60.1 Å². The van der Waals surface area contributed by atoms with Crippen molar-refractivity contribution in [1.29, 1.82) is 0 Å². The van der Waals surface area contributed by atoms with Crippen molar-refractivity contribution >= 4 is 0 Å². The molecule has 0 aromatic heterocycles. The topological polar surface area (TPSA) is 0 Å². The van der Waals surface area contributed by atoms with E-state index in [1.807, 2.05) is 0 Å². The first-order valence-corrected chi connectivity index (χ1v) is 6.57. The maximum absolute atomic E-state index is 2.43. The minimum Gasteiger partial charge on any atom is -0.0875 e. The highest BCUT2D eigenvalue weighted by atomic mass is 14.2. The molecule has 0 saturated carbocycles. The van der Waals surface area contributed by atoms with Crippen LogP contribution in [0.15, 0.2) is 12.2 Å². The van der Waals surface area contributed by atoms with Crippen LogP contribution in [-0.4, -0.2) is 0 Å². The Labute approximate surface area is 97.2 Å². The van der Waals surface area contributed by atoms with Crippen molar-refractivity contribution in [2.24, 2.45) is 10.8 Å². The summed E-state index contributed by atoms with van der Waals surface area (Å²) in [6, 6.07) is 0. The molecule has 0 N–H and O–H groups in total. The fraction of sp³-hybridized carbons (Fsp3) is 0.867. The monoisotopic (exact) mass is 210 g/mol. The fourth-order valence-corrected chi connectivity index (χ4v) is 1.93. The van der Waals surface area contributed by atoms with Crippen LogP contribution in [-0.2, 0) is 0 Å². The zero-order chi connectivity index (χ0) is 11.9. The summed E-state index contributed by atoms with van der Waals surface area (Å²) in [4.78, 5) is 0. The van der Waals surface area contributed by atoms with Crippen LogP contribution in [0.2, 0.25) is 0 Å². The molecular weight excluding hydrogens is 180 g/mol. The molecule has 0 unspecified atom stereocenters. The van der Waals surface area contributed by atoms with Gasteiger partial charge in [-0.3, -0.25) is 0 Å². The smallest absolute Gasteiger partial charge is 0.0152 e. The lowest BCUT2D eigenvalue weighted by molar-refractivity contribution is 0.331. The Balaban J connectivity index is 4.18. The van der Waals surface area contributed by atoms with Crippen molar-refractivity contribution in [2.75, 3.05) is 0 Å². The van der Waals surface area contributed by atoms with Gasteiger partial charge < -0.3 is 0 Å². The first kappa shape index (κ1) is 14.7. The standard InChI is InChI=1S/C15H30/c1-7-11-14(4,5)12-10-13-15(6,8-2)9-3/h10,13H,7-9,11-12H2,1-6H3/b13-10-. The highest BCUT2D eigenvalue weighted by Gasteiger charge is 2.17. The largest absolute Gasteiger partial charge is 0.0875 e. The molecule has 0 aromatic carbocycles. The minimum absolute atomic E-state index is 0.419. The maximum Gasteiger partial charge on any atom is -0.0152 e. The van der Waals surface area contributed by atoms with E-state index in [0.717, 1.165) is 0 Å². The van der Waals surface area contributed by atoms with Gasteiger partial charge in [-0.25, -0.2) is 0 Å². The zero-order valence-electron chi connectivity index (χ0n) is 11.7. The van der Waals surface area contributed by atoms with Gasteiger partial charge in [0.05, 0.1) is 0 Å². The van der Waals surface area contributed by atoms with Crippen LogP contribution in [0.4, 0.5) is 0 Å². The molecule has 0 aliphatic heterocycles. The SMILES string of the molecule is CCCC(C)(C)C/C=C\C(C)(CC)CC. The molecule has 0 spiro atoms. The van der Waals surface area contributed by atoms with Crippen LogP contribution in [0, 0.1) is 10.8 Å². The summed E-state index contributed by atoms with van der Waals surface area (Å²) in [5, 5.41) is 0. The van der Waals surface area contributed by atoms with Crippen molar-refractivity contribution in [3.05, 3.63) is 12.2 Å². The number of hydrogen-bond donors (Lipinski definition) is 0. The van der Waals surface area contributed by atoms with Crippen LogP contribution < -0.4 is 0 Å². The number of allylic oxidation sites excluding steroid dienone is 2. The third-order valence-corrected chi connectivity index (χ3v) is 3.73. The van der Waals surface area contributed by atoms with Gasteiger partial charge in [-0.15, -0.1) is 0 Å². The second-order valence-corrected chi connectivity index (χ2v) is 5.88. The van der Waals surface area contributed by atoms with E-state index in [9.17, 15) is 0 Å². The van der Waals surface area contributed by atoms with Crippen LogP contribution in [0.25, 0.3) is 0 Å². The summed E-state index contributed by atoms with van der Waals surface area (Å²) in [5.74, 6) is 0. The van der Waals surface area contributed by atoms with E-state index in [2.05, 4.69) is 53.7 Å². The van der Waals surface area contributed by atoms with Gasteiger partial charge in [-0.2, -0.15) is 0 Å². The molecule has 0 aromatic rings. The first-order valence-electron chi connectivity index (χ1n) is 6.57. The lowest BCUT2D eigenvalue weighted by Crippen LogP contribution is -2.12. The van der Waals surface area contributed by atoms with E-state index in [1.165, 1.54) is 32.1 Å². The van der Waals surface area contributed by atoms with Crippen molar-refractivity contribution < 1.29 is 0 Å². The quantitative estimate of drug-likeness (QED) is 0.481. The highest BCUT2D eigenvalue weighted by Crippen LogP contribution is 2.31. The van der Waals surface area contributed by atoms with Crippen molar-refractivity contribution in [1.82, 2.24) is 0 Å². The van der Waals surface area contributed by atoms with E-state index in [-0.39, 0.29) is 0 Å². The van der Waals surface area contributed by atoms with Gasteiger partial charge in [0.25, 0.3) is 0 Å². The van der Waals surface area contributed by atoms with Gasteiger partial charge in [0.1, 0.15) is 0 Å². The summed E-state index contributed by atoms with van der Waals surface area (Å²) in [7, 11) is 0. The Hall–Kier alpha value is -0.260. The van der Waals surface area contributed by atoms with Gasteiger partial charge in [0.2, 0.25) is 0 Å². The van der Waals surface area contributed by atoms with Crippen molar-refractivity contribution in [2.45, 2.75) is 73.6 Å². The van der Waals surface area contributed by atoms with Crippen LogP contribution in [0.5, 0.6) is 0 Å². The Bertz CT molecular complexity index is 182. The van der Waals surface area contributed by atoms with E-state index in [0.29, 0.717) is 10.8 Å². The van der Waals surface area contributed by atoms with Crippen LogP contribution >= 0.6 is 0 Å². The predicted octanol–water partition coefficient (Wildman–Crippen LogP) is 5.59. The molecule has 0 rings (SSSR count). The van der Waals surface area contributed by atoms with Crippen LogP contribution in [0.1, 0.15) is 73.6 Å². The average molecular weight is 210 g/mol. The lowest BCUT2D eigenvalue weighted by atomic mass is 9.81. The molecule has 15 heavy (non-hydrogen) atoms. The molecule has 0 amide bonds. The Morgan fingerprint density at radius 3 is 1.87 bits per heavy atom. The summed E-state index contributed by atoms with van der Waals surface area (Å²) in [6.07, 6.45) is 11.2. The molecule has 0 bridgehead atoms. The molecule has 0 nitrogen and oxygen atoms in total. The normalized spacial score (nSPS) is 13.7. The number of rotatable bonds is 7. The third-order valence-electron chi connectivity index (χ3n) is 3.73. The highest BCUT2D eigenvalue weighted by molar-refractivity contribution is 4.97. The van der Waals surface area contributed by atoms with Gasteiger partial charge in [-0.05, 0) is 36.5 Å². The fourth-order valence-electron chi connectivity index (χ4n) is 1.93. The summed E-state index contributed by atoms with van der Waals surface area (Å²) in [6.45, 7) is 13.9. The first-order chi connectivity index (χ1) is 6.89. The third kappa shape index (κ3) is 6.02. The molecule has 0 aliphatic rings. The molecule has 0 heteroatoms. The summed E-state index contributed by atoms with van der Waals surface area (Å²) < 4.78 is 0. The maximum atomic E-state index is 2.43. The van der Waals surface area contributed by atoms with E-state index in [1.54, 1.807) is 0 Å². The van der Waals surface area contributed by atoms with Gasteiger partial charge >= 0.3 is 0 Å². The Morgan fingerprint density at radius 1 is 0.933 bits per heavy atom. The van der Waals surface area contributed by atoms with Crippen LogP contribution in [0.3, 0.4) is 0 Å². The minimum atomic E-state index is 0.419. The van der Waals surface area contributed by atoms with E-state index < -0.39 is 0 Å². The lowest BCUT2D eigenvalue weighted by Gasteiger charge is -2.25. The number of hydrogen-bond acceptors (Lipinski definition) is 0. The second kappa shape index (κ2) is 6.35. The zero-order valence-corrected chi connectivity index (χ0v) is 11.7. The van der Waals surface area contributed by atoms with Crippen molar-refractivity contribution in [3.63, 3.8) is 0 Å². The average Bonchev–Trinajstić information content (AvgIpc) is 2.17. The van der Waals surface area contributed by atoms with Gasteiger partial charge in [0.15, 0.2) is 0 Å². The Morgan fingerprint density at radius 2 is 1.47 bits per heavy atom. The predicted molar refractivity (Wildman–Crippen MR) is 71.1 cm³/mol. The molecule has 0 saturated heterocycles. The van der Waals surface area contributed by atoms with E-state index in [4.69, 9.17) is 0 Å². The van der Waals surface area contributed by atoms with Gasteiger partial charge in [0, 0.05) is 0 Å². The summed E-state index contributed by atoms with van der Waals surface area (Å²) in [5.41, 5.74) is 0.899. The molecule has 0 atom stereocenters. The van der Waals surface area contributed by atoms with Crippen molar-refractivity contribution in [3.8, 4) is 0 Å². The molecule has 0 fully saturated rings. The Kier molecular flexibility index (Phi) is 6.24. The molecule has 0 aliphatic carbocycles.